The van der Waals surface area contributed by atoms with Crippen molar-refractivity contribution in [1.82, 2.24) is 4.98 Å². The fourth-order valence-corrected chi connectivity index (χ4v) is 3.00. The molecule has 2 N–H and O–H groups in total. The molecule has 1 saturated heterocycles. The molecule has 0 amide bonds. The summed E-state index contributed by atoms with van der Waals surface area (Å²) in [7, 11) is 0. The van der Waals surface area contributed by atoms with Crippen molar-refractivity contribution in [3.05, 3.63) is 16.1 Å². The maximum absolute atomic E-state index is 5.63. The molecule has 1 aliphatic heterocycles. The molecule has 0 saturated carbocycles. The second-order valence-corrected chi connectivity index (χ2v) is 5.87. The van der Waals surface area contributed by atoms with E-state index in [-0.39, 0.29) is 0 Å². The Labute approximate surface area is 107 Å². The Balaban J connectivity index is 1.86. The van der Waals surface area contributed by atoms with Crippen LogP contribution in [0.2, 0.25) is 0 Å². The molecule has 0 aliphatic carbocycles. The predicted molar refractivity (Wildman–Crippen MR) is 71.4 cm³/mol. The van der Waals surface area contributed by atoms with Gasteiger partial charge >= 0.3 is 0 Å². The van der Waals surface area contributed by atoms with Crippen molar-refractivity contribution >= 4 is 11.3 Å². The van der Waals surface area contributed by atoms with Gasteiger partial charge in [0, 0.05) is 24.5 Å². The van der Waals surface area contributed by atoms with Gasteiger partial charge in [0.1, 0.15) is 0 Å². The van der Waals surface area contributed by atoms with Crippen molar-refractivity contribution in [3.8, 4) is 0 Å². The lowest BCUT2D eigenvalue weighted by molar-refractivity contribution is 0.0846. The number of ether oxygens (including phenoxy) is 1. The zero-order valence-electron chi connectivity index (χ0n) is 10.5. The third-order valence-corrected chi connectivity index (χ3v) is 4.39. The fraction of sp³-hybridized carbons (Fsp3) is 0.769. The molecule has 3 nitrogen and oxygen atoms in total. The first-order valence-corrected chi connectivity index (χ1v) is 7.39. The van der Waals surface area contributed by atoms with E-state index in [0.29, 0.717) is 11.8 Å². The Morgan fingerprint density at radius 1 is 1.53 bits per heavy atom. The van der Waals surface area contributed by atoms with Gasteiger partial charge in [0.05, 0.1) is 10.7 Å². The van der Waals surface area contributed by atoms with Gasteiger partial charge in [-0.1, -0.05) is 6.92 Å². The quantitative estimate of drug-likeness (QED) is 0.878. The summed E-state index contributed by atoms with van der Waals surface area (Å²) < 4.78 is 5.38. The summed E-state index contributed by atoms with van der Waals surface area (Å²) in [4.78, 5) is 4.76. The van der Waals surface area contributed by atoms with Gasteiger partial charge in [-0.25, -0.2) is 4.98 Å². The van der Waals surface area contributed by atoms with E-state index in [0.717, 1.165) is 45.4 Å². The normalized spacial score (nSPS) is 19.4. The van der Waals surface area contributed by atoms with E-state index >= 15 is 0 Å². The third-order valence-electron chi connectivity index (χ3n) is 3.46. The van der Waals surface area contributed by atoms with Crippen molar-refractivity contribution in [2.45, 2.75) is 38.5 Å². The molecule has 2 rings (SSSR count). The van der Waals surface area contributed by atoms with Crippen LogP contribution in [0.5, 0.6) is 0 Å². The van der Waals surface area contributed by atoms with Gasteiger partial charge in [0.15, 0.2) is 0 Å². The summed E-state index contributed by atoms with van der Waals surface area (Å²) in [5.74, 6) is 1.23. The lowest BCUT2D eigenvalue weighted by Crippen LogP contribution is -2.14. The summed E-state index contributed by atoms with van der Waals surface area (Å²) in [5, 5.41) is 3.50. The minimum atomic E-state index is 0.602. The van der Waals surface area contributed by atoms with Crippen molar-refractivity contribution in [3.63, 3.8) is 0 Å². The highest BCUT2D eigenvalue weighted by Crippen LogP contribution is 2.28. The molecule has 0 bridgehead atoms. The lowest BCUT2D eigenvalue weighted by atomic mass is 9.97. The number of rotatable bonds is 5. The highest BCUT2D eigenvalue weighted by atomic mass is 32.1. The molecule has 1 unspecified atom stereocenters. The van der Waals surface area contributed by atoms with E-state index < -0.39 is 0 Å². The highest BCUT2D eigenvalue weighted by Gasteiger charge is 2.18. The number of hydrogen-bond acceptors (Lipinski definition) is 4. The maximum atomic E-state index is 5.63. The van der Waals surface area contributed by atoms with Crippen LogP contribution >= 0.6 is 11.3 Å². The predicted octanol–water partition coefficient (Wildman–Crippen LogP) is 2.56. The van der Waals surface area contributed by atoms with Gasteiger partial charge in [-0.2, -0.15) is 0 Å². The summed E-state index contributed by atoms with van der Waals surface area (Å²) >= 11 is 1.80. The minimum Gasteiger partial charge on any atom is -0.381 e. The molecule has 4 heteroatoms. The third kappa shape index (κ3) is 3.76. The molecule has 1 aromatic heterocycles. The molecule has 0 radical (unpaired) electrons. The van der Waals surface area contributed by atoms with Crippen LogP contribution in [0.15, 0.2) is 5.38 Å². The monoisotopic (exact) mass is 254 g/mol. The van der Waals surface area contributed by atoms with E-state index in [1.165, 1.54) is 10.7 Å². The molecule has 1 atom stereocenters. The van der Waals surface area contributed by atoms with Gasteiger partial charge in [-0.3, -0.25) is 0 Å². The van der Waals surface area contributed by atoms with Crippen LogP contribution in [0.25, 0.3) is 0 Å². The first-order chi connectivity index (χ1) is 8.29. The second-order valence-electron chi connectivity index (χ2n) is 4.93. The Morgan fingerprint density at radius 2 is 2.29 bits per heavy atom. The van der Waals surface area contributed by atoms with E-state index in [4.69, 9.17) is 15.5 Å². The summed E-state index contributed by atoms with van der Waals surface area (Å²) in [5.41, 5.74) is 6.91. The van der Waals surface area contributed by atoms with E-state index in [9.17, 15) is 0 Å². The number of thiazole rings is 1. The van der Waals surface area contributed by atoms with Gasteiger partial charge in [-0.05, 0) is 38.1 Å². The highest BCUT2D eigenvalue weighted by molar-refractivity contribution is 7.09. The SMILES string of the molecule is CC(CN)CCc1nc(C2CCOCC2)cs1. The second kappa shape index (κ2) is 6.47. The Morgan fingerprint density at radius 3 is 3.00 bits per heavy atom. The van der Waals surface area contributed by atoms with Crippen molar-refractivity contribution < 1.29 is 4.74 Å². The first-order valence-electron chi connectivity index (χ1n) is 6.51. The molecule has 1 aromatic rings. The molecular weight excluding hydrogens is 232 g/mol. The van der Waals surface area contributed by atoms with E-state index in [1.54, 1.807) is 11.3 Å². The summed E-state index contributed by atoms with van der Waals surface area (Å²) in [6.07, 6.45) is 4.48. The van der Waals surface area contributed by atoms with Gasteiger partial charge in [-0.15, -0.1) is 11.3 Å². The van der Waals surface area contributed by atoms with Crippen LogP contribution in [0.1, 0.15) is 42.8 Å². The number of aromatic nitrogens is 1. The molecular formula is C13H22N2OS. The average molecular weight is 254 g/mol. The zero-order valence-corrected chi connectivity index (χ0v) is 11.3. The fourth-order valence-electron chi connectivity index (χ4n) is 2.11. The first kappa shape index (κ1) is 13.0. The Hall–Kier alpha value is -0.450. The van der Waals surface area contributed by atoms with Crippen molar-refractivity contribution in [2.24, 2.45) is 11.7 Å². The summed E-state index contributed by atoms with van der Waals surface area (Å²) in [6.45, 7) is 4.76. The number of hydrogen-bond donors (Lipinski definition) is 1. The molecule has 1 aliphatic rings. The zero-order chi connectivity index (χ0) is 12.1. The van der Waals surface area contributed by atoms with Crippen LogP contribution in [0.4, 0.5) is 0 Å². The van der Waals surface area contributed by atoms with Crippen LogP contribution in [0, 0.1) is 5.92 Å². The topological polar surface area (TPSA) is 48.1 Å². The van der Waals surface area contributed by atoms with Crippen LogP contribution in [-0.2, 0) is 11.2 Å². The van der Waals surface area contributed by atoms with Crippen LogP contribution in [0.3, 0.4) is 0 Å². The van der Waals surface area contributed by atoms with Crippen LogP contribution < -0.4 is 5.73 Å². The smallest absolute Gasteiger partial charge is 0.0928 e. The van der Waals surface area contributed by atoms with Gasteiger partial charge in [0.2, 0.25) is 0 Å². The Bertz CT molecular complexity index is 334. The molecule has 17 heavy (non-hydrogen) atoms. The molecule has 96 valence electrons. The molecule has 2 heterocycles. The van der Waals surface area contributed by atoms with Crippen molar-refractivity contribution in [2.75, 3.05) is 19.8 Å². The van der Waals surface area contributed by atoms with Gasteiger partial charge in [0.25, 0.3) is 0 Å². The Kier molecular flexibility index (Phi) is 4.95. The van der Waals surface area contributed by atoms with Gasteiger partial charge < -0.3 is 10.5 Å². The lowest BCUT2D eigenvalue weighted by Gasteiger charge is -2.20. The molecule has 0 aromatic carbocycles. The average Bonchev–Trinajstić information content (AvgIpc) is 2.86. The van der Waals surface area contributed by atoms with Crippen molar-refractivity contribution in [1.29, 1.82) is 0 Å². The minimum absolute atomic E-state index is 0.602. The number of nitrogens with two attached hydrogens (primary N) is 1. The van der Waals surface area contributed by atoms with Crippen LogP contribution in [-0.4, -0.2) is 24.7 Å². The molecule has 1 fully saturated rings. The number of aryl methyl sites for hydroxylation is 1. The maximum Gasteiger partial charge on any atom is 0.0928 e. The largest absolute Gasteiger partial charge is 0.381 e. The van der Waals surface area contributed by atoms with E-state index in [1.807, 2.05) is 0 Å². The number of nitrogens with zero attached hydrogens (tertiary/aromatic N) is 1. The van der Waals surface area contributed by atoms with E-state index in [2.05, 4.69) is 12.3 Å². The standard InChI is InChI=1S/C13H22N2OS/c1-10(8-14)2-3-13-15-12(9-17-13)11-4-6-16-7-5-11/h9-11H,2-8,14H2,1H3. The molecule has 0 spiro atoms. The summed E-state index contributed by atoms with van der Waals surface area (Å²) in [6, 6.07) is 0.